The molecule has 0 radical (unpaired) electrons. The van der Waals surface area contributed by atoms with Gasteiger partial charge in [0.15, 0.2) is 0 Å². The lowest BCUT2D eigenvalue weighted by Gasteiger charge is -2.42. The van der Waals surface area contributed by atoms with Crippen molar-refractivity contribution in [3.8, 4) is 68.2 Å². The van der Waals surface area contributed by atoms with Crippen LogP contribution >= 0.6 is 25.3 Å². The summed E-state index contributed by atoms with van der Waals surface area (Å²) in [5, 5.41) is 12.7. The monoisotopic (exact) mass is 1920 g/mol. The van der Waals surface area contributed by atoms with Gasteiger partial charge >= 0.3 is 0 Å². The van der Waals surface area contributed by atoms with E-state index >= 15 is 19.2 Å². The maximum absolute atomic E-state index is 16.3. The molecule has 8 aliphatic rings. The Labute approximate surface area is 851 Å². The average molecular weight is 1920 g/mol. The van der Waals surface area contributed by atoms with Crippen molar-refractivity contribution >= 4 is 182 Å². The number of nitrogens with zero attached hydrogens (tertiary/aromatic N) is 2. The van der Waals surface area contributed by atoms with Crippen LogP contribution in [0.1, 0.15) is 293 Å². The molecule has 17 aromatic carbocycles. The molecular formula is C132H112N2O8S2. The Morgan fingerprint density at radius 2 is 0.521 bits per heavy atom. The first kappa shape index (κ1) is 90.7. The first-order valence-corrected chi connectivity index (χ1v) is 51.6. The standard InChI is InChI=1S/C132H112N2O8S2/c1-65(2)95-57-85(143)58-96(66(3)4)123(95)133-125(135)103-61-107(139-81-33-25-77(26-34-81)129(9,10)11)117-91-45-41-87-99-53-73-49-69-21-23-71-51-75-55-101-89-43-47-93-114-94(48-44-90(112(89)114)102(101)56-76(75)52-72(71)24-22-70(69)50-74(73)54-100(99)88-42-46-92(113(91)111(87)88)118-108(62-104(126(133)136)115(103)121(117)118)140-82-35-27-78(28-36-82)130(12,13)14)120-110(142-84-39-31-80(32-40-84)132(18,19)20)64-106-116-105(63-109(119(93)122(116)120)141-83-37-29-79(30-38-83)131(15,16)17)127(137)134(128(106)138)124-97(67(5)6)59-86(144)60-98(124)68(7)8/h21-68,111,113,143-144H,1-20H3. The van der Waals surface area contributed by atoms with E-state index in [1.165, 1.54) is 32.1 Å². The number of carbonyl (C=O) groups excluding carboxylic acids is 4. The van der Waals surface area contributed by atoms with Crippen molar-refractivity contribution in [2.45, 2.75) is 194 Å². The zero-order valence-electron chi connectivity index (χ0n) is 84.9. The predicted molar refractivity (Wildman–Crippen MR) is 601 cm³/mol. The van der Waals surface area contributed by atoms with E-state index in [0.717, 1.165) is 186 Å². The molecule has 6 aliphatic carbocycles. The summed E-state index contributed by atoms with van der Waals surface area (Å²) >= 11 is 9.84. The van der Waals surface area contributed by atoms with Crippen LogP contribution < -0.4 is 28.7 Å². The van der Waals surface area contributed by atoms with E-state index < -0.39 is 23.6 Å². The highest BCUT2D eigenvalue weighted by Crippen LogP contribution is 2.67. The van der Waals surface area contributed by atoms with Crippen LogP contribution in [-0.2, 0) is 21.7 Å². The van der Waals surface area contributed by atoms with Gasteiger partial charge in [0.05, 0.1) is 33.6 Å². The number of hydrogen-bond acceptors (Lipinski definition) is 10. The Morgan fingerprint density at radius 1 is 0.257 bits per heavy atom. The molecule has 0 unspecified atom stereocenters. The highest BCUT2D eigenvalue weighted by atomic mass is 32.1. The van der Waals surface area contributed by atoms with Crippen LogP contribution in [0.25, 0.3) is 144 Å². The van der Waals surface area contributed by atoms with Crippen molar-refractivity contribution in [1.29, 1.82) is 0 Å². The van der Waals surface area contributed by atoms with Crippen molar-refractivity contribution in [2.24, 2.45) is 11.8 Å². The fourth-order valence-corrected chi connectivity index (χ4v) is 24.9. The maximum atomic E-state index is 16.3. The summed E-state index contributed by atoms with van der Waals surface area (Å²) in [6.45, 7) is 43.3. The van der Waals surface area contributed by atoms with E-state index in [2.05, 4.69) is 308 Å². The number of fused-ring (bicyclic) bond motifs is 14. The fraction of sp³-hybridized carbons (Fsp3) is 0.227. The number of benzene rings is 17. The molecule has 0 atom stereocenters. The molecule has 4 amide bonds. The molecule has 2 heterocycles. The zero-order chi connectivity index (χ0) is 100. The molecule has 12 heteroatoms. The lowest BCUT2D eigenvalue weighted by atomic mass is 9.62. The molecule has 0 spiro atoms. The minimum atomic E-state index is -0.426. The van der Waals surface area contributed by atoms with Crippen molar-refractivity contribution in [3.63, 3.8) is 0 Å². The van der Waals surface area contributed by atoms with Crippen LogP contribution in [0, 0.1) is 11.8 Å². The van der Waals surface area contributed by atoms with Crippen molar-refractivity contribution in [3.05, 3.63) is 354 Å². The molecule has 0 aromatic heterocycles. The number of hydrogen-bond donors (Lipinski definition) is 2. The Balaban J connectivity index is 0.618. The van der Waals surface area contributed by atoms with Gasteiger partial charge in [-0.3, -0.25) is 19.2 Å². The topological polar surface area (TPSA) is 112 Å². The van der Waals surface area contributed by atoms with Gasteiger partial charge < -0.3 is 18.9 Å². The summed E-state index contributed by atoms with van der Waals surface area (Å²) in [5.41, 5.74) is 27.7. The summed E-state index contributed by atoms with van der Waals surface area (Å²) in [7, 11) is 0. The summed E-state index contributed by atoms with van der Waals surface area (Å²) in [6, 6.07) is 76.8. The molecule has 0 saturated heterocycles. The van der Waals surface area contributed by atoms with Crippen LogP contribution in [-0.4, -0.2) is 23.6 Å². The van der Waals surface area contributed by atoms with Crippen LogP contribution in [0.4, 0.5) is 11.4 Å². The van der Waals surface area contributed by atoms with Crippen LogP contribution in [0.15, 0.2) is 252 Å². The van der Waals surface area contributed by atoms with E-state index in [9.17, 15) is 0 Å². The van der Waals surface area contributed by atoms with Gasteiger partial charge in [0.25, 0.3) is 23.6 Å². The van der Waals surface area contributed by atoms with Crippen molar-refractivity contribution in [1.82, 2.24) is 0 Å². The van der Waals surface area contributed by atoms with Crippen molar-refractivity contribution in [2.75, 3.05) is 9.80 Å². The van der Waals surface area contributed by atoms with E-state index in [1.807, 2.05) is 97.1 Å². The molecule has 0 N–H and O–H groups in total. The summed E-state index contributed by atoms with van der Waals surface area (Å²) in [4.78, 5) is 69.7. The smallest absolute Gasteiger partial charge is 0.266 e. The van der Waals surface area contributed by atoms with Gasteiger partial charge in [0, 0.05) is 65.1 Å². The maximum Gasteiger partial charge on any atom is 0.266 e. The van der Waals surface area contributed by atoms with Gasteiger partial charge in [-0.05, 0) is 356 Å². The quantitative estimate of drug-likeness (QED) is 0.0479. The third-order valence-electron chi connectivity index (χ3n) is 31.7. The Bertz CT molecular complexity index is 8440. The van der Waals surface area contributed by atoms with E-state index in [4.69, 9.17) is 44.2 Å². The first-order valence-electron chi connectivity index (χ1n) is 50.7. The Kier molecular flexibility index (Phi) is 20.1. The Hall–Kier alpha value is -14.6. The zero-order valence-corrected chi connectivity index (χ0v) is 86.7. The molecule has 0 fully saturated rings. The van der Waals surface area contributed by atoms with Crippen molar-refractivity contribution < 1.29 is 38.1 Å². The van der Waals surface area contributed by atoms with Crippen LogP contribution in [0.2, 0.25) is 0 Å². The first-order chi connectivity index (χ1) is 68.7. The molecule has 0 saturated carbocycles. The largest absolute Gasteiger partial charge is 0.457 e. The van der Waals surface area contributed by atoms with Gasteiger partial charge in [0.1, 0.15) is 46.0 Å². The molecule has 144 heavy (non-hydrogen) atoms. The second-order valence-corrected chi connectivity index (χ2v) is 47.3. The summed E-state index contributed by atoms with van der Waals surface area (Å²) in [5.74, 6) is 2.21. The summed E-state index contributed by atoms with van der Waals surface area (Å²) in [6.07, 6.45) is 18.4. The number of allylic oxidation sites excluding steroid dienone is 8. The van der Waals surface area contributed by atoms with E-state index in [0.29, 0.717) is 90.4 Å². The number of rotatable bonds is 14. The Morgan fingerprint density at radius 3 is 0.819 bits per heavy atom. The number of anilines is 2. The predicted octanol–water partition coefficient (Wildman–Crippen LogP) is 36.1. The SMILES string of the molecule is CC(C)c1cc(S)cc(C(C)C)c1N1C(=O)c2cc(Oc3ccc(C(C)(C)C)cc3)c3c4c(c(Oc5ccc(C(C)(C)C)cc5)cc(c24)C1=O)C1=CC=C2c4cc5cc6c(cc5cc4C4=CC=C3C1C42)C=Cc1cc2cc3c(cc2cc1C=C6)-c1ccc2c4c(Oc5ccc(C(C)(C)C)cc5)cc5c6c(cc(Oc7ccc(C(C)(C)C)cc7)c(c7ccc-3c1c72)c64)C(=O)N(c1c(C(C)C)cc(S)cc1C(C)C)C5=O. The lowest BCUT2D eigenvalue weighted by Crippen LogP contribution is -2.42. The second-order valence-electron chi connectivity index (χ2n) is 46.3. The third kappa shape index (κ3) is 13.9. The lowest BCUT2D eigenvalue weighted by molar-refractivity contribution is 0.0877. The molecule has 17 aromatic rings. The molecule has 710 valence electrons. The van der Waals surface area contributed by atoms with Gasteiger partial charge in [-0.25, -0.2) is 9.80 Å². The normalized spacial score (nSPS) is 16.0. The third-order valence-corrected chi connectivity index (χ3v) is 32.2. The molecule has 25 rings (SSSR count). The number of thiol groups is 2. The average Bonchev–Trinajstić information content (AvgIpc) is 1.45. The van der Waals surface area contributed by atoms with Gasteiger partial charge in [0.2, 0.25) is 0 Å². The highest BCUT2D eigenvalue weighted by Gasteiger charge is 2.52. The number of imide groups is 2. The number of amides is 4. The minimum Gasteiger partial charge on any atom is -0.457 e. The number of carbonyl (C=O) groups is 4. The highest BCUT2D eigenvalue weighted by molar-refractivity contribution is 7.80. The molecular weight excluding hydrogens is 1810 g/mol. The van der Waals surface area contributed by atoms with Gasteiger partial charge in [-0.1, -0.05) is 260 Å². The number of ether oxygens (including phenoxy) is 4. The van der Waals surface area contributed by atoms with Gasteiger partial charge in [-0.15, -0.1) is 25.3 Å². The van der Waals surface area contributed by atoms with Crippen LogP contribution in [0.3, 0.4) is 0 Å². The fourth-order valence-electron chi connectivity index (χ4n) is 24.4. The molecule has 10 nitrogen and oxygen atoms in total. The van der Waals surface area contributed by atoms with E-state index in [1.54, 1.807) is 0 Å². The van der Waals surface area contributed by atoms with Gasteiger partial charge in [-0.2, -0.15) is 0 Å². The van der Waals surface area contributed by atoms with E-state index in [-0.39, 0.29) is 57.2 Å². The summed E-state index contributed by atoms with van der Waals surface area (Å²) < 4.78 is 29.6. The molecule has 2 aliphatic heterocycles. The minimum absolute atomic E-state index is 0.0598. The van der Waals surface area contributed by atoms with Crippen LogP contribution in [0.5, 0.6) is 46.0 Å². The molecule has 0 bridgehead atoms. The second kappa shape index (κ2) is 32.0.